The number of carbonyl (C=O) groups is 2. The van der Waals surface area contributed by atoms with Gasteiger partial charge >= 0.3 is 5.97 Å². The van der Waals surface area contributed by atoms with Crippen molar-refractivity contribution in [2.45, 2.75) is 26.9 Å². The Bertz CT molecular complexity index is 817. The number of halogens is 1. The van der Waals surface area contributed by atoms with Crippen LogP contribution in [0, 0.1) is 13.8 Å². The summed E-state index contributed by atoms with van der Waals surface area (Å²) < 4.78 is 15.8. The van der Waals surface area contributed by atoms with Crippen molar-refractivity contribution < 1.29 is 23.8 Å². The van der Waals surface area contributed by atoms with E-state index < -0.39 is 18.0 Å². The lowest BCUT2D eigenvalue weighted by atomic mass is 10.1. The molecule has 7 heteroatoms. The second kappa shape index (κ2) is 9.28. The zero-order chi connectivity index (χ0) is 20.0. The molecule has 0 saturated carbocycles. The van der Waals surface area contributed by atoms with Gasteiger partial charge in [0.15, 0.2) is 12.7 Å². The number of methoxy groups -OCH3 is 1. The highest BCUT2D eigenvalue weighted by Crippen LogP contribution is 2.28. The van der Waals surface area contributed by atoms with Gasteiger partial charge < -0.3 is 19.5 Å². The Labute approximate surface area is 163 Å². The molecule has 0 saturated heterocycles. The van der Waals surface area contributed by atoms with Crippen LogP contribution in [0.15, 0.2) is 36.4 Å². The lowest BCUT2D eigenvalue weighted by Gasteiger charge is -2.16. The number of esters is 1. The molecule has 6 nitrogen and oxygen atoms in total. The van der Waals surface area contributed by atoms with Crippen LogP contribution < -0.4 is 14.8 Å². The third-order valence-electron chi connectivity index (χ3n) is 3.84. The Hall–Kier alpha value is -2.73. The molecule has 2 aromatic carbocycles. The van der Waals surface area contributed by atoms with Gasteiger partial charge in [0.25, 0.3) is 5.91 Å². The van der Waals surface area contributed by atoms with Crippen molar-refractivity contribution >= 4 is 29.2 Å². The van der Waals surface area contributed by atoms with E-state index in [1.165, 1.54) is 14.0 Å². The van der Waals surface area contributed by atoms with Gasteiger partial charge in [0.2, 0.25) is 0 Å². The van der Waals surface area contributed by atoms with Crippen LogP contribution in [0.5, 0.6) is 11.5 Å². The predicted octanol–water partition coefficient (Wildman–Crippen LogP) is 3.91. The second-order valence-corrected chi connectivity index (χ2v) is 6.41. The molecule has 0 unspecified atom stereocenters. The van der Waals surface area contributed by atoms with Crippen molar-refractivity contribution in [2.24, 2.45) is 0 Å². The number of anilines is 1. The topological polar surface area (TPSA) is 73.9 Å². The van der Waals surface area contributed by atoms with Crippen LogP contribution >= 0.6 is 11.6 Å². The first kappa shape index (κ1) is 20.6. The quantitative estimate of drug-likeness (QED) is 0.724. The molecule has 0 aliphatic rings. The zero-order valence-corrected chi connectivity index (χ0v) is 16.4. The number of nitrogens with one attached hydrogen (secondary N) is 1. The van der Waals surface area contributed by atoms with Gasteiger partial charge in [0, 0.05) is 5.02 Å². The molecule has 1 amide bonds. The summed E-state index contributed by atoms with van der Waals surface area (Å²) in [5.41, 5.74) is 2.23. The molecule has 1 atom stereocenters. The average molecular weight is 392 g/mol. The smallest absolute Gasteiger partial charge is 0.344 e. The Kier molecular flexibility index (Phi) is 7.07. The van der Waals surface area contributed by atoms with Gasteiger partial charge in [-0.1, -0.05) is 29.8 Å². The van der Waals surface area contributed by atoms with Gasteiger partial charge in [0.05, 0.1) is 12.8 Å². The maximum Gasteiger partial charge on any atom is 0.344 e. The lowest BCUT2D eigenvalue weighted by molar-refractivity contribution is -0.155. The highest BCUT2D eigenvalue weighted by atomic mass is 35.5. The van der Waals surface area contributed by atoms with Gasteiger partial charge in [-0.3, -0.25) is 4.79 Å². The summed E-state index contributed by atoms with van der Waals surface area (Å²) in [6.07, 6.45) is -1.01. The van der Waals surface area contributed by atoms with E-state index in [0.29, 0.717) is 22.2 Å². The predicted molar refractivity (Wildman–Crippen MR) is 104 cm³/mol. The van der Waals surface area contributed by atoms with Crippen molar-refractivity contribution in [1.29, 1.82) is 0 Å². The molecule has 2 rings (SSSR count). The Balaban J connectivity index is 1.92. The van der Waals surface area contributed by atoms with E-state index in [-0.39, 0.29) is 6.61 Å². The summed E-state index contributed by atoms with van der Waals surface area (Å²) in [5.74, 6) is -0.0609. The van der Waals surface area contributed by atoms with E-state index in [4.69, 9.17) is 25.8 Å². The maximum absolute atomic E-state index is 12.3. The number of hydrogen-bond donors (Lipinski definition) is 1. The average Bonchev–Trinajstić information content (AvgIpc) is 2.61. The molecule has 0 bridgehead atoms. The monoisotopic (exact) mass is 391 g/mol. The first-order valence-corrected chi connectivity index (χ1v) is 8.72. The molecule has 0 aromatic heterocycles. The third kappa shape index (κ3) is 5.62. The van der Waals surface area contributed by atoms with E-state index in [0.717, 1.165) is 11.1 Å². The molecule has 0 fully saturated rings. The van der Waals surface area contributed by atoms with E-state index in [1.807, 2.05) is 32.0 Å². The number of benzene rings is 2. The fraction of sp³-hybridized carbons (Fsp3) is 0.300. The molecule has 0 spiro atoms. The molecule has 0 heterocycles. The van der Waals surface area contributed by atoms with Gasteiger partial charge in [-0.2, -0.15) is 0 Å². The molecule has 144 valence electrons. The van der Waals surface area contributed by atoms with Gasteiger partial charge in [-0.05, 0) is 50.1 Å². The first-order valence-electron chi connectivity index (χ1n) is 8.34. The van der Waals surface area contributed by atoms with Crippen LogP contribution in [0.3, 0.4) is 0 Å². The van der Waals surface area contributed by atoms with E-state index >= 15 is 0 Å². The molecule has 1 N–H and O–H groups in total. The number of rotatable bonds is 7. The van der Waals surface area contributed by atoms with Crippen molar-refractivity contribution in [1.82, 2.24) is 0 Å². The van der Waals surface area contributed by atoms with Gasteiger partial charge in [0.1, 0.15) is 11.5 Å². The molecule has 27 heavy (non-hydrogen) atoms. The summed E-state index contributed by atoms with van der Waals surface area (Å²) in [5, 5.41) is 3.08. The summed E-state index contributed by atoms with van der Waals surface area (Å²) in [4.78, 5) is 24.3. The van der Waals surface area contributed by atoms with Gasteiger partial charge in [-0.25, -0.2) is 4.79 Å². The first-order chi connectivity index (χ1) is 12.8. The molecular weight excluding hydrogens is 370 g/mol. The molecule has 0 aliphatic heterocycles. The molecule has 2 aromatic rings. The summed E-state index contributed by atoms with van der Waals surface area (Å²) in [7, 11) is 1.48. The minimum Gasteiger partial charge on any atom is -0.495 e. The number of amides is 1. The fourth-order valence-electron chi connectivity index (χ4n) is 2.45. The van der Waals surface area contributed by atoms with Crippen molar-refractivity contribution in [3.8, 4) is 11.5 Å². The van der Waals surface area contributed by atoms with Crippen LogP contribution in [0.25, 0.3) is 0 Å². The summed E-state index contributed by atoms with van der Waals surface area (Å²) >= 11 is 5.94. The number of carbonyl (C=O) groups excluding carboxylic acids is 2. The zero-order valence-electron chi connectivity index (χ0n) is 15.7. The number of hydrogen-bond acceptors (Lipinski definition) is 5. The minimum absolute atomic E-state index is 0.288. The minimum atomic E-state index is -1.01. The van der Waals surface area contributed by atoms with Crippen LogP contribution in [-0.4, -0.2) is 31.7 Å². The van der Waals surface area contributed by atoms with E-state index in [9.17, 15) is 9.59 Å². The summed E-state index contributed by atoms with van der Waals surface area (Å²) in [6.45, 7) is 4.97. The molecule has 0 radical (unpaired) electrons. The highest BCUT2D eigenvalue weighted by Gasteiger charge is 2.20. The van der Waals surface area contributed by atoms with Crippen LogP contribution in [0.4, 0.5) is 5.69 Å². The third-order valence-corrected chi connectivity index (χ3v) is 4.08. The molecular formula is C20H22ClNO5. The van der Waals surface area contributed by atoms with E-state index in [2.05, 4.69) is 5.32 Å². The summed E-state index contributed by atoms with van der Waals surface area (Å²) in [6, 6.07) is 10.5. The Morgan fingerprint density at radius 2 is 1.81 bits per heavy atom. The van der Waals surface area contributed by atoms with Crippen molar-refractivity contribution in [3.05, 3.63) is 52.5 Å². The van der Waals surface area contributed by atoms with Gasteiger partial charge in [-0.15, -0.1) is 0 Å². The number of aryl methyl sites for hydroxylation is 2. The van der Waals surface area contributed by atoms with E-state index in [1.54, 1.807) is 18.2 Å². The number of para-hydroxylation sites is 1. The van der Waals surface area contributed by atoms with Crippen LogP contribution in [-0.2, 0) is 14.3 Å². The van der Waals surface area contributed by atoms with Crippen LogP contribution in [0.2, 0.25) is 5.02 Å². The largest absolute Gasteiger partial charge is 0.495 e. The standard InChI is InChI=1S/C20H22ClNO5/c1-12-6-5-7-13(2)19(12)26-11-18(23)27-14(3)20(24)22-16-10-15(21)8-9-17(16)25-4/h5-10,14H,11H2,1-4H3,(H,22,24)/t14-/m0/s1. The van der Waals surface area contributed by atoms with Crippen LogP contribution in [0.1, 0.15) is 18.1 Å². The van der Waals surface area contributed by atoms with Crippen molar-refractivity contribution in [2.75, 3.05) is 19.0 Å². The highest BCUT2D eigenvalue weighted by molar-refractivity contribution is 6.31. The second-order valence-electron chi connectivity index (χ2n) is 5.98. The molecule has 0 aliphatic carbocycles. The Morgan fingerprint density at radius 3 is 2.44 bits per heavy atom. The fourth-order valence-corrected chi connectivity index (χ4v) is 2.63. The Morgan fingerprint density at radius 1 is 1.15 bits per heavy atom. The lowest BCUT2D eigenvalue weighted by Crippen LogP contribution is -2.31. The SMILES string of the molecule is COc1ccc(Cl)cc1NC(=O)[C@H](C)OC(=O)COc1c(C)cccc1C. The number of ether oxygens (including phenoxy) is 3. The maximum atomic E-state index is 12.3. The normalized spacial score (nSPS) is 11.4. The van der Waals surface area contributed by atoms with Crippen molar-refractivity contribution in [3.63, 3.8) is 0 Å².